The van der Waals surface area contributed by atoms with Crippen LogP contribution < -0.4 is 0 Å². The molecule has 1 aliphatic carbocycles. The van der Waals surface area contributed by atoms with E-state index in [-0.39, 0.29) is 5.41 Å². The van der Waals surface area contributed by atoms with Crippen molar-refractivity contribution in [3.8, 4) is 0 Å². The molecular weight excluding hydrogens is 234 g/mol. The number of hydrogen-bond donors (Lipinski definition) is 0. The van der Waals surface area contributed by atoms with E-state index in [0.29, 0.717) is 0 Å². The lowest BCUT2D eigenvalue weighted by molar-refractivity contribution is 0.0639. The maximum atomic E-state index is 5.48. The fraction of sp³-hybridized carbons (Fsp3) is 0.529. The molecule has 0 amide bonds. The van der Waals surface area contributed by atoms with Crippen molar-refractivity contribution in [2.24, 2.45) is 0 Å². The molecule has 2 nitrogen and oxygen atoms in total. The molecule has 1 saturated heterocycles. The average Bonchev–Trinajstić information content (AvgIpc) is 2.84. The molecule has 1 aromatic rings. The molecule has 0 spiro atoms. The van der Waals surface area contributed by atoms with E-state index in [4.69, 9.17) is 4.74 Å². The van der Waals surface area contributed by atoms with Crippen molar-refractivity contribution in [3.05, 3.63) is 41.5 Å². The maximum absolute atomic E-state index is 5.48. The van der Waals surface area contributed by atoms with Crippen LogP contribution in [0.15, 0.2) is 30.3 Å². The second-order valence-corrected chi connectivity index (χ2v) is 5.54. The normalized spacial score (nSPS) is 21.2. The SMILES string of the molecule is CCC1(CC)C=C(N2CCOCC2)c2ccccc21. The molecule has 0 atom stereocenters. The summed E-state index contributed by atoms with van der Waals surface area (Å²) in [6.07, 6.45) is 4.87. The molecule has 1 aromatic carbocycles. The van der Waals surface area contributed by atoms with Gasteiger partial charge in [0.2, 0.25) is 0 Å². The van der Waals surface area contributed by atoms with Crippen LogP contribution in [-0.4, -0.2) is 31.2 Å². The van der Waals surface area contributed by atoms with E-state index in [0.717, 1.165) is 26.3 Å². The Morgan fingerprint density at radius 1 is 1.11 bits per heavy atom. The van der Waals surface area contributed by atoms with Crippen molar-refractivity contribution in [1.29, 1.82) is 0 Å². The Hall–Kier alpha value is -1.28. The summed E-state index contributed by atoms with van der Waals surface area (Å²) in [6.45, 7) is 8.35. The highest BCUT2D eigenvalue weighted by Crippen LogP contribution is 2.46. The lowest BCUT2D eigenvalue weighted by Gasteiger charge is -2.30. The van der Waals surface area contributed by atoms with Gasteiger partial charge in [-0.25, -0.2) is 0 Å². The number of ether oxygens (including phenoxy) is 1. The van der Waals surface area contributed by atoms with E-state index in [2.05, 4.69) is 49.1 Å². The minimum atomic E-state index is 0.240. The molecule has 0 saturated carbocycles. The first-order valence-corrected chi connectivity index (χ1v) is 7.46. The summed E-state index contributed by atoms with van der Waals surface area (Å²) in [5.74, 6) is 0. The van der Waals surface area contributed by atoms with Gasteiger partial charge in [-0.1, -0.05) is 38.1 Å². The largest absolute Gasteiger partial charge is 0.378 e. The molecule has 1 fully saturated rings. The second kappa shape index (κ2) is 5.01. The standard InChI is InChI=1S/C17H23NO/c1-3-17(4-2)13-16(18-9-11-19-12-10-18)14-7-5-6-8-15(14)17/h5-8,13H,3-4,9-12H2,1-2H3. The number of morpholine rings is 1. The Labute approximate surface area is 116 Å². The van der Waals surface area contributed by atoms with Crippen molar-refractivity contribution in [1.82, 2.24) is 4.90 Å². The summed E-state index contributed by atoms with van der Waals surface area (Å²) >= 11 is 0. The van der Waals surface area contributed by atoms with Gasteiger partial charge in [-0.15, -0.1) is 0 Å². The summed E-state index contributed by atoms with van der Waals surface area (Å²) in [4.78, 5) is 2.50. The third-order valence-corrected chi connectivity index (χ3v) is 4.77. The zero-order chi connectivity index (χ0) is 13.3. The number of nitrogens with zero attached hydrogens (tertiary/aromatic N) is 1. The van der Waals surface area contributed by atoms with Gasteiger partial charge in [0.05, 0.1) is 13.2 Å². The molecule has 1 aliphatic heterocycles. The number of allylic oxidation sites excluding steroid dienone is 1. The zero-order valence-corrected chi connectivity index (χ0v) is 12.0. The van der Waals surface area contributed by atoms with E-state index in [9.17, 15) is 0 Å². The van der Waals surface area contributed by atoms with E-state index < -0.39 is 0 Å². The van der Waals surface area contributed by atoms with Gasteiger partial charge >= 0.3 is 0 Å². The summed E-state index contributed by atoms with van der Waals surface area (Å²) in [7, 11) is 0. The van der Waals surface area contributed by atoms with Crippen LogP contribution in [0.5, 0.6) is 0 Å². The van der Waals surface area contributed by atoms with E-state index in [1.807, 2.05) is 0 Å². The van der Waals surface area contributed by atoms with Crippen LogP contribution in [0.4, 0.5) is 0 Å². The first-order valence-electron chi connectivity index (χ1n) is 7.46. The third kappa shape index (κ3) is 1.99. The fourth-order valence-electron chi connectivity index (χ4n) is 3.46. The smallest absolute Gasteiger partial charge is 0.0642 e. The minimum Gasteiger partial charge on any atom is -0.378 e. The van der Waals surface area contributed by atoms with Crippen molar-refractivity contribution < 1.29 is 4.74 Å². The topological polar surface area (TPSA) is 12.5 Å². The van der Waals surface area contributed by atoms with Crippen LogP contribution in [0.25, 0.3) is 5.70 Å². The Morgan fingerprint density at radius 2 is 1.79 bits per heavy atom. The molecule has 3 rings (SSSR count). The highest BCUT2D eigenvalue weighted by atomic mass is 16.5. The zero-order valence-electron chi connectivity index (χ0n) is 12.0. The highest BCUT2D eigenvalue weighted by Gasteiger charge is 2.36. The quantitative estimate of drug-likeness (QED) is 0.822. The second-order valence-electron chi connectivity index (χ2n) is 5.54. The van der Waals surface area contributed by atoms with Crippen LogP contribution in [0, 0.1) is 0 Å². The van der Waals surface area contributed by atoms with Crippen molar-refractivity contribution >= 4 is 5.70 Å². The van der Waals surface area contributed by atoms with E-state index in [1.165, 1.54) is 29.7 Å². The van der Waals surface area contributed by atoms with Crippen LogP contribution in [0.2, 0.25) is 0 Å². The molecule has 19 heavy (non-hydrogen) atoms. The Balaban J connectivity index is 2.04. The van der Waals surface area contributed by atoms with Crippen LogP contribution >= 0.6 is 0 Å². The Bertz CT molecular complexity index is 482. The summed E-state index contributed by atoms with van der Waals surface area (Å²) in [5, 5.41) is 0. The summed E-state index contributed by atoms with van der Waals surface area (Å²) < 4.78 is 5.48. The molecule has 2 heteroatoms. The number of hydrogen-bond acceptors (Lipinski definition) is 2. The van der Waals surface area contributed by atoms with Gasteiger partial charge in [-0.2, -0.15) is 0 Å². The first kappa shape index (κ1) is 12.7. The van der Waals surface area contributed by atoms with Gasteiger partial charge in [0.1, 0.15) is 0 Å². The van der Waals surface area contributed by atoms with E-state index in [1.54, 1.807) is 0 Å². The lowest BCUT2D eigenvalue weighted by Crippen LogP contribution is -2.34. The Kier molecular flexibility index (Phi) is 3.36. The molecule has 1 heterocycles. The van der Waals surface area contributed by atoms with Gasteiger partial charge in [-0.3, -0.25) is 0 Å². The van der Waals surface area contributed by atoms with Crippen molar-refractivity contribution in [3.63, 3.8) is 0 Å². The molecule has 0 unspecified atom stereocenters. The summed E-state index contributed by atoms with van der Waals surface area (Å²) in [5.41, 5.74) is 4.63. The predicted octanol–water partition coefficient (Wildman–Crippen LogP) is 3.43. The van der Waals surface area contributed by atoms with Crippen LogP contribution in [-0.2, 0) is 10.2 Å². The van der Waals surface area contributed by atoms with Gasteiger partial charge in [-0.05, 0) is 24.5 Å². The molecule has 0 N–H and O–H groups in total. The van der Waals surface area contributed by atoms with Gasteiger partial charge in [0.15, 0.2) is 0 Å². The molecule has 2 aliphatic rings. The number of fused-ring (bicyclic) bond motifs is 1. The molecule has 0 radical (unpaired) electrons. The molecule has 102 valence electrons. The highest BCUT2D eigenvalue weighted by molar-refractivity contribution is 5.75. The van der Waals surface area contributed by atoms with Gasteiger partial charge < -0.3 is 9.64 Å². The van der Waals surface area contributed by atoms with Crippen molar-refractivity contribution in [2.75, 3.05) is 26.3 Å². The van der Waals surface area contributed by atoms with E-state index >= 15 is 0 Å². The third-order valence-electron chi connectivity index (χ3n) is 4.77. The maximum Gasteiger partial charge on any atom is 0.0642 e. The fourth-order valence-corrected chi connectivity index (χ4v) is 3.46. The van der Waals surface area contributed by atoms with Crippen LogP contribution in [0.1, 0.15) is 37.8 Å². The number of benzene rings is 1. The van der Waals surface area contributed by atoms with Gasteiger partial charge in [0, 0.05) is 29.8 Å². The van der Waals surface area contributed by atoms with Gasteiger partial charge in [0.25, 0.3) is 0 Å². The summed E-state index contributed by atoms with van der Waals surface area (Å²) in [6, 6.07) is 8.93. The number of rotatable bonds is 3. The lowest BCUT2D eigenvalue weighted by atomic mass is 9.78. The van der Waals surface area contributed by atoms with Crippen molar-refractivity contribution in [2.45, 2.75) is 32.1 Å². The molecule has 0 bridgehead atoms. The predicted molar refractivity (Wildman–Crippen MR) is 79.1 cm³/mol. The van der Waals surface area contributed by atoms with Crippen LogP contribution in [0.3, 0.4) is 0 Å². The Morgan fingerprint density at radius 3 is 2.47 bits per heavy atom. The average molecular weight is 257 g/mol. The monoisotopic (exact) mass is 257 g/mol. The first-order chi connectivity index (χ1) is 9.30. The minimum absolute atomic E-state index is 0.240. The molecular formula is C17H23NO. The molecule has 0 aromatic heterocycles.